The Balaban J connectivity index is 0.983. The minimum absolute atomic E-state index is 0.0580. The molecule has 268 valence electrons. The highest BCUT2D eigenvalue weighted by atomic mass is 35.5. The van der Waals surface area contributed by atoms with Crippen molar-refractivity contribution in [1.29, 1.82) is 0 Å². The second-order valence-corrected chi connectivity index (χ2v) is 20.3. The van der Waals surface area contributed by atoms with Gasteiger partial charge in [0, 0.05) is 60.7 Å². The van der Waals surface area contributed by atoms with Gasteiger partial charge < -0.3 is 14.2 Å². The van der Waals surface area contributed by atoms with Crippen LogP contribution in [0.4, 0.5) is 0 Å². The number of aryl methyl sites for hydroxylation is 1. The predicted octanol–water partition coefficient (Wildman–Crippen LogP) is 7.15. The van der Waals surface area contributed by atoms with Crippen molar-refractivity contribution in [2.24, 2.45) is 5.92 Å². The monoisotopic (exact) mass is 722 g/mol. The number of carbonyl (C=O) groups excluding carboxylic acids is 2. The molecule has 51 heavy (non-hydrogen) atoms. The number of rotatable bonds is 9. The van der Waals surface area contributed by atoms with Gasteiger partial charge in [0.15, 0.2) is 5.69 Å². The van der Waals surface area contributed by atoms with Crippen LogP contribution in [-0.4, -0.2) is 72.0 Å². The maximum absolute atomic E-state index is 14.1. The van der Waals surface area contributed by atoms with Gasteiger partial charge in [-0.15, -0.1) is 0 Å². The SMILES string of the molecule is CC(C)(C)[Si](OC1CCN(C(=O)c2nn(CCC3CCN(C(=O)c4cccc(Cl)c4)CC3)c3c2CCC3)CC1)(c1ccccc1)c1ccccc1. The van der Waals surface area contributed by atoms with Crippen LogP contribution in [0.3, 0.4) is 0 Å². The molecule has 3 heterocycles. The molecule has 0 bridgehead atoms. The van der Waals surface area contributed by atoms with Crippen LogP contribution in [0.1, 0.15) is 91.4 Å². The minimum Gasteiger partial charge on any atom is -0.404 e. The minimum atomic E-state index is -2.65. The van der Waals surface area contributed by atoms with Crippen LogP contribution in [0.25, 0.3) is 0 Å². The van der Waals surface area contributed by atoms with Gasteiger partial charge in [-0.2, -0.15) is 5.10 Å². The van der Waals surface area contributed by atoms with Crippen molar-refractivity contribution in [2.45, 2.75) is 89.8 Å². The van der Waals surface area contributed by atoms with E-state index in [1.165, 1.54) is 16.1 Å². The third kappa shape index (κ3) is 7.33. The standard InChI is InChI=1S/C42H51ClN4O3Si/c1-42(2,3)51(35-14-6-4-7-15-35,36-16-8-5-9-17-36)50-34-23-27-46(28-24-34)41(49)39-37-18-11-19-38(37)47(44-39)29-22-31-20-25-45(26-21-31)40(48)32-12-10-13-33(43)30-32/h4-10,12-17,30-31,34H,11,18-29H2,1-3H3. The lowest BCUT2D eigenvalue weighted by Crippen LogP contribution is -2.68. The number of likely N-dealkylation sites (tertiary alicyclic amines) is 2. The summed E-state index contributed by atoms with van der Waals surface area (Å²) in [5.74, 6) is 0.662. The van der Waals surface area contributed by atoms with Crippen molar-refractivity contribution in [1.82, 2.24) is 19.6 Å². The van der Waals surface area contributed by atoms with Crippen molar-refractivity contribution in [3.8, 4) is 0 Å². The van der Waals surface area contributed by atoms with Gasteiger partial charge in [-0.3, -0.25) is 14.3 Å². The zero-order valence-corrected chi connectivity index (χ0v) is 32.1. The molecule has 9 heteroatoms. The van der Waals surface area contributed by atoms with E-state index in [2.05, 4.69) is 86.1 Å². The normalized spacial score (nSPS) is 17.5. The van der Waals surface area contributed by atoms with E-state index in [1.807, 2.05) is 21.9 Å². The summed E-state index contributed by atoms with van der Waals surface area (Å²) in [6.07, 6.45) is 7.66. The van der Waals surface area contributed by atoms with Gasteiger partial charge in [0.2, 0.25) is 0 Å². The maximum atomic E-state index is 14.1. The average molecular weight is 723 g/mol. The molecule has 0 N–H and O–H groups in total. The van der Waals surface area contributed by atoms with Crippen molar-refractivity contribution < 1.29 is 14.0 Å². The van der Waals surface area contributed by atoms with Gasteiger partial charge in [0.1, 0.15) is 0 Å². The fourth-order valence-corrected chi connectivity index (χ4v) is 13.6. The van der Waals surface area contributed by atoms with Crippen LogP contribution in [0.15, 0.2) is 84.9 Å². The number of amides is 2. The fraction of sp³-hybridized carbons (Fsp3) is 0.452. The van der Waals surface area contributed by atoms with E-state index in [9.17, 15) is 9.59 Å². The third-order valence-corrected chi connectivity index (χ3v) is 16.7. The summed E-state index contributed by atoms with van der Waals surface area (Å²) in [7, 11) is -2.65. The number of hydrogen-bond acceptors (Lipinski definition) is 4. The van der Waals surface area contributed by atoms with Crippen LogP contribution in [0.2, 0.25) is 10.1 Å². The Bertz CT molecular complexity index is 1780. The highest BCUT2D eigenvalue weighted by molar-refractivity contribution is 6.99. The largest absolute Gasteiger partial charge is 0.404 e. The Kier molecular flexibility index (Phi) is 10.6. The molecule has 0 unspecified atom stereocenters. The van der Waals surface area contributed by atoms with Gasteiger partial charge >= 0.3 is 0 Å². The summed E-state index contributed by atoms with van der Waals surface area (Å²) in [4.78, 5) is 31.1. The molecular weight excluding hydrogens is 672 g/mol. The molecule has 7 rings (SSSR count). The van der Waals surface area contributed by atoms with Crippen LogP contribution in [-0.2, 0) is 23.8 Å². The lowest BCUT2D eigenvalue weighted by molar-refractivity contribution is 0.0570. The molecule has 0 saturated carbocycles. The Morgan fingerprint density at radius 1 is 0.804 bits per heavy atom. The van der Waals surface area contributed by atoms with Crippen LogP contribution in [0, 0.1) is 5.92 Å². The summed E-state index contributed by atoms with van der Waals surface area (Å²) in [5.41, 5.74) is 3.72. The number of aromatic nitrogens is 2. The van der Waals surface area contributed by atoms with Crippen LogP contribution >= 0.6 is 11.6 Å². The summed E-state index contributed by atoms with van der Waals surface area (Å²) < 4.78 is 9.55. The summed E-state index contributed by atoms with van der Waals surface area (Å²) in [5, 5.41) is 8.09. The number of halogens is 1. The Morgan fingerprint density at radius 2 is 1.41 bits per heavy atom. The van der Waals surface area contributed by atoms with Crippen molar-refractivity contribution >= 4 is 42.1 Å². The van der Waals surface area contributed by atoms with Crippen molar-refractivity contribution in [3.63, 3.8) is 0 Å². The Morgan fingerprint density at radius 3 is 2.02 bits per heavy atom. The fourth-order valence-electron chi connectivity index (χ4n) is 8.67. The molecule has 2 amide bonds. The first-order valence-corrected chi connectivity index (χ1v) is 21.1. The summed E-state index contributed by atoms with van der Waals surface area (Å²) >= 11 is 6.13. The predicted molar refractivity (Wildman–Crippen MR) is 207 cm³/mol. The lowest BCUT2D eigenvalue weighted by atomic mass is 9.93. The summed E-state index contributed by atoms with van der Waals surface area (Å²) in [6, 6.07) is 28.9. The number of piperidine rings is 2. The van der Waals surface area contributed by atoms with E-state index < -0.39 is 8.32 Å². The van der Waals surface area contributed by atoms with Gasteiger partial charge in [-0.1, -0.05) is 99.1 Å². The number of benzene rings is 3. The highest BCUT2D eigenvalue weighted by Crippen LogP contribution is 2.39. The molecule has 4 aromatic rings. The van der Waals surface area contributed by atoms with E-state index >= 15 is 0 Å². The molecule has 3 aliphatic rings. The molecule has 3 aromatic carbocycles. The first-order valence-electron chi connectivity index (χ1n) is 18.9. The van der Waals surface area contributed by atoms with Crippen LogP contribution < -0.4 is 10.4 Å². The third-order valence-electron chi connectivity index (χ3n) is 11.4. The number of nitrogens with zero attached hydrogens (tertiary/aromatic N) is 4. The zero-order chi connectivity index (χ0) is 35.6. The molecule has 0 atom stereocenters. The molecule has 2 aliphatic heterocycles. The zero-order valence-electron chi connectivity index (χ0n) is 30.3. The molecule has 2 fully saturated rings. The molecule has 2 saturated heterocycles. The van der Waals surface area contributed by atoms with Crippen molar-refractivity contribution in [3.05, 3.63) is 112 Å². The van der Waals surface area contributed by atoms with Gasteiger partial charge in [0.25, 0.3) is 20.1 Å². The highest BCUT2D eigenvalue weighted by Gasteiger charge is 2.51. The van der Waals surface area contributed by atoms with Gasteiger partial charge in [-0.25, -0.2) is 0 Å². The lowest BCUT2D eigenvalue weighted by Gasteiger charge is -2.46. The van der Waals surface area contributed by atoms with E-state index in [1.54, 1.807) is 12.1 Å². The first kappa shape index (κ1) is 35.7. The van der Waals surface area contributed by atoms with Crippen molar-refractivity contribution in [2.75, 3.05) is 26.2 Å². The number of hydrogen-bond donors (Lipinski definition) is 0. The topological polar surface area (TPSA) is 67.7 Å². The second kappa shape index (κ2) is 15.1. The maximum Gasteiger partial charge on any atom is 0.274 e. The van der Waals surface area contributed by atoms with E-state index in [-0.39, 0.29) is 23.0 Å². The van der Waals surface area contributed by atoms with Gasteiger partial charge in [-0.05, 0) is 90.9 Å². The molecule has 7 nitrogen and oxygen atoms in total. The molecule has 0 radical (unpaired) electrons. The number of carbonyl (C=O) groups is 2. The quantitative estimate of drug-likeness (QED) is 0.172. The first-order chi connectivity index (χ1) is 24.6. The summed E-state index contributed by atoms with van der Waals surface area (Å²) in [6.45, 7) is 10.6. The average Bonchev–Trinajstić information content (AvgIpc) is 3.77. The molecule has 0 spiro atoms. The second-order valence-electron chi connectivity index (χ2n) is 15.7. The van der Waals surface area contributed by atoms with Crippen LogP contribution in [0.5, 0.6) is 0 Å². The number of fused-ring (bicyclic) bond motifs is 1. The van der Waals surface area contributed by atoms with E-state index in [0.717, 1.165) is 76.6 Å². The molecule has 1 aromatic heterocycles. The Hall–Kier alpha value is -3.72. The molecule has 1 aliphatic carbocycles. The smallest absolute Gasteiger partial charge is 0.274 e. The Labute approximate surface area is 309 Å². The van der Waals surface area contributed by atoms with E-state index in [0.29, 0.717) is 35.3 Å². The molecular formula is C42H51ClN4O3Si. The van der Waals surface area contributed by atoms with Gasteiger partial charge in [0.05, 0.1) is 0 Å². The van der Waals surface area contributed by atoms with E-state index in [4.69, 9.17) is 21.1 Å².